The van der Waals surface area contributed by atoms with Crippen molar-refractivity contribution in [2.75, 3.05) is 23.7 Å². The van der Waals surface area contributed by atoms with Crippen LogP contribution in [0, 0.1) is 3.57 Å². The summed E-state index contributed by atoms with van der Waals surface area (Å²) in [6, 6.07) is 5.79. The van der Waals surface area contributed by atoms with Crippen LogP contribution in [-0.2, 0) is 4.79 Å². The number of nitrogens with zero attached hydrogens (tertiary/aromatic N) is 1. The molecule has 0 radical (unpaired) electrons. The van der Waals surface area contributed by atoms with Crippen LogP contribution in [0.4, 0.5) is 11.4 Å². The fraction of sp³-hybridized carbons (Fsp3) is 0.417. The third kappa shape index (κ3) is 2.20. The van der Waals surface area contributed by atoms with E-state index < -0.39 is 5.54 Å². The van der Waals surface area contributed by atoms with E-state index in [1.54, 1.807) is 0 Å². The highest BCUT2D eigenvalue weighted by Gasteiger charge is 2.38. The molecule has 92 valence electrons. The zero-order chi connectivity index (χ0) is 12.6. The third-order valence-corrected chi connectivity index (χ3v) is 3.98. The van der Waals surface area contributed by atoms with Gasteiger partial charge in [0.2, 0.25) is 5.91 Å². The van der Waals surface area contributed by atoms with Crippen molar-refractivity contribution < 1.29 is 4.79 Å². The molecule has 1 heterocycles. The van der Waals surface area contributed by atoms with Crippen LogP contribution < -0.4 is 16.0 Å². The molecule has 1 aromatic carbocycles. The normalized spacial score (nSPS) is 19.0. The molecule has 0 atom stereocenters. The molecule has 1 aliphatic rings. The minimum atomic E-state index is -0.520. The number of nitrogen functional groups attached to an aromatic ring is 1. The number of benzene rings is 1. The standard InChI is InChI=1S/C12H16IN3O/c1-12(2)11(17)15-5-6-16(12)10-4-3-8(14)7-9(10)13/h3-4,7H,5-6,14H2,1-2H3,(H,15,17). The Morgan fingerprint density at radius 2 is 2.18 bits per heavy atom. The zero-order valence-electron chi connectivity index (χ0n) is 9.96. The van der Waals surface area contributed by atoms with Crippen LogP contribution in [0.5, 0.6) is 0 Å². The molecular weight excluding hydrogens is 329 g/mol. The average Bonchev–Trinajstić information content (AvgIpc) is 2.23. The van der Waals surface area contributed by atoms with E-state index in [-0.39, 0.29) is 5.91 Å². The van der Waals surface area contributed by atoms with Gasteiger partial charge in [0.25, 0.3) is 0 Å². The summed E-state index contributed by atoms with van der Waals surface area (Å²) < 4.78 is 1.07. The summed E-state index contributed by atoms with van der Waals surface area (Å²) in [5, 5.41) is 2.90. The lowest BCUT2D eigenvalue weighted by Gasteiger charge is -2.43. The van der Waals surface area contributed by atoms with Crippen molar-refractivity contribution in [3.63, 3.8) is 0 Å². The van der Waals surface area contributed by atoms with Crippen molar-refractivity contribution in [1.29, 1.82) is 0 Å². The number of nitrogens with two attached hydrogens (primary N) is 1. The number of hydrogen-bond donors (Lipinski definition) is 2. The van der Waals surface area contributed by atoms with Crippen molar-refractivity contribution >= 4 is 39.9 Å². The molecular formula is C12H16IN3O. The minimum absolute atomic E-state index is 0.0661. The van der Waals surface area contributed by atoms with Gasteiger partial charge in [-0.3, -0.25) is 4.79 Å². The first kappa shape index (κ1) is 12.5. The SMILES string of the molecule is CC1(C)C(=O)NCCN1c1ccc(N)cc1I. The number of halogens is 1. The molecule has 17 heavy (non-hydrogen) atoms. The lowest BCUT2D eigenvalue weighted by atomic mass is 9.98. The second-order valence-electron chi connectivity index (χ2n) is 4.68. The molecule has 4 nitrogen and oxygen atoms in total. The fourth-order valence-electron chi connectivity index (χ4n) is 2.06. The van der Waals surface area contributed by atoms with E-state index in [0.717, 1.165) is 21.5 Å². The number of hydrogen-bond acceptors (Lipinski definition) is 3. The molecule has 3 N–H and O–H groups in total. The largest absolute Gasteiger partial charge is 0.399 e. The average molecular weight is 345 g/mol. The number of carbonyl (C=O) groups is 1. The van der Waals surface area contributed by atoms with Gasteiger partial charge in [-0.15, -0.1) is 0 Å². The Morgan fingerprint density at radius 3 is 2.82 bits per heavy atom. The van der Waals surface area contributed by atoms with Crippen molar-refractivity contribution in [3.8, 4) is 0 Å². The molecule has 1 aromatic rings. The molecule has 0 saturated carbocycles. The van der Waals surface area contributed by atoms with Gasteiger partial charge in [-0.05, 0) is 54.6 Å². The minimum Gasteiger partial charge on any atom is -0.399 e. The summed E-state index contributed by atoms with van der Waals surface area (Å²) in [6.45, 7) is 5.38. The Hall–Kier alpha value is -0.980. The van der Waals surface area contributed by atoms with Gasteiger partial charge in [-0.25, -0.2) is 0 Å². The van der Waals surface area contributed by atoms with Crippen molar-refractivity contribution in [2.45, 2.75) is 19.4 Å². The molecule has 1 aliphatic heterocycles. The maximum absolute atomic E-state index is 11.9. The van der Waals surface area contributed by atoms with Gasteiger partial charge < -0.3 is 16.0 Å². The van der Waals surface area contributed by atoms with Crippen LogP contribution in [0.2, 0.25) is 0 Å². The molecule has 0 unspecified atom stereocenters. The molecule has 1 amide bonds. The number of piperazine rings is 1. The number of nitrogens with one attached hydrogen (secondary N) is 1. The molecule has 0 bridgehead atoms. The van der Waals surface area contributed by atoms with E-state index in [2.05, 4.69) is 32.8 Å². The second kappa shape index (κ2) is 4.36. The van der Waals surface area contributed by atoms with E-state index in [4.69, 9.17) is 5.73 Å². The van der Waals surface area contributed by atoms with Gasteiger partial charge in [-0.2, -0.15) is 0 Å². The van der Waals surface area contributed by atoms with E-state index in [1.807, 2.05) is 32.0 Å². The summed E-state index contributed by atoms with van der Waals surface area (Å²) >= 11 is 2.26. The summed E-state index contributed by atoms with van der Waals surface area (Å²) in [7, 11) is 0. The van der Waals surface area contributed by atoms with Gasteiger partial charge in [-0.1, -0.05) is 0 Å². The third-order valence-electron chi connectivity index (χ3n) is 3.11. The Bertz CT molecular complexity index is 459. The molecule has 2 rings (SSSR count). The monoisotopic (exact) mass is 345 g/mol. The van der Waals surface area contributed by atoms with Crippen molar-refractivity contribution in [2.24, 2.45) is 0 Å². The van der Waals surface area contributed by atoms with Gasteiger partial charge >= 0.3 is 0 Å². The summed E-state index contributed by atoms with van der Waals surface area (Å²) in [5.41, 5.74) is 7.05. The quantitative estimate of drug-likeness (QED) is 0.600. The number of amides is 1. The molecule has 1 fully saturated rings. The number of anilines is 2. The second-order valence-corrected chi connectivity index (χ2v) is 5.84. The lowest BCUT2D eigenvalue weighted by molar-refractivity contribution is -0.126. The Labute approximate surface area is 115 Å². The highest BCUT2D eigenvalue weighted by molar-refractivity contribution is 14.1. The fourth-order valence-corrected chi connectivity index (χ4v) is 2.89. The summed E-state index contributed by atoms with van der Waals surface area (Å²) in [6.07, 6.45) is 0. The molecule has 0 aromatic heterocycles. The first-order valence-electron chi connectivity index (χ1n) is 5.54. The van der Waals surface area contributed by atoms with Crippen LogP contribution in [0.25, 0.3) is 0 Å². The van der Waals surface area contributed by atoms with E-state index in [9.17, 15) is 4.79 Å². The van der Waals surface area contributed by atoms with Crippen molar-refractivity contribution in [1.82, 2.24) is 5.32 Å². The zero-order valence-corrected chi connectivity index (χ0v) is 12.1. The number of rotatable bonds is 1. The lowest BCUT2D eigenvalue weighted by Crippen LogP contribution is -2.62. The predicted molar refractivity (Wildman–Crippen MR) is 78.0 cm³/mol. The highest BCUT2D eigenvalue weighted by Crippen LogP contribution is 2.31. The predicted octanol–water partition coefficient (Wildman–Crippen LogP) is 1.59. The van der Waals surface area contributed by atoms with Crippen molar-refractivity contribution in [3.05, 3.63) is 21.8 Å². The summed E-state index contributed by atoms with van der Waals surface area (Å²) in [5.74, 6) is 0.0661. The van der Waals surface area contributed by atoms with Gasteiger partial charge in [0.1, 0.15) is 5.54 Å². The molecule has 1 saturated heterocycles. The Morgan fingerprint density at radius 1 is 1.47 bits per heavy atom. The molecule has 0 spiro atoms. The van der Waals surface area contributed by atoms with Gasteiger partial charge in [0, 0.05) is 22.3 Å². The molecule has 0 aliphatic carbocycles. The Kier molecular flexibility index (Phi) is 3.20. The maximum atomic E-state index is 11.9. The smallest absolute Gasteiger partial charge is 0.245 e. The van der Waals surface area contributed by atoms with Crippen LogP contribution >= 0.6 is 22.6 Å². The topological polar surface area (TPSA) is 58.4 Å². The number of carbonyl (C=O) groups excluding carboxylic acids is 1. The van der Waals surface area contributed by atoms with E-state index in [1.165, 1.54) is 0 Å². The van der Waals surface area contributed by atoms with Crippen LogP contribution in [0.3, 0.4) is 0 Å². The van der Waals surface area contributed by atoms with Gasteiger partial charge in [0.05, 0.1) is 5.69 Å². The van der Waals surface area contributed by atoms with Crippen LogP contribution in [0.1, 0.15) is 13.8 Å². The Balaban J connectivity index is 2.41. The molecule has 5 heteroatoms. The van der Waals surface area contributed by atoms with Gasteiger partial charge in [0.15, 0.2) is 0 Å². The highest BCUT2D eigenvalue weighted by atomic mass is 127. The first-order chi connectivity index (χ1) is 7.93. The first-order valence-corrected chi connectivity index (χ1v) is 6.62. The van der Waals surface area contributed by atoms with Crippen LogP contribution in [0.15, 0.2) is 18.2 Å². The summed E-state index contributed by atoms with van der Waals surface area (Å²) in [4.78, 5) is 14.0. The maximum Gasteiger partial charge on any atom is 0.245 e. The van der Waals surface area contributed by atoms with E-state index >= 15 is 0 Å². The van der Waals surface area contributed by atoms with E-state index in [0.29, 0.717) is 6.54 Å². The van der Waals surface area contributed by atoms with Crippen LogP contribution in [-0.4, -0.2) is 24.5 Å².